The number of esters is 1. The lowest BCUT2D eigenvalue weighted by Gasteiger charge is -2.06. The predicted molar refractivity (Wildman–Crippen MR) is 104 cm³/mol. The molecule has 0 aromatic carbocycles. The molecule has 0 bridgehead atoms. The van der Waals surface area contributed by atoms with Crippen molar-refractivity contribution in [1.82, 2.24) is 20.2 Å². The average Bonchev–Trinajstić information content (AvgIpc) is 3.27. The second-order valence-corrected chi connectivity index (χ2v) is 7.53. The van der Waals surface area contributed by atoms with Gasteiger partial charge >= 0.3 is 5.97 Å². The molecule has 2 N–H and O–H groups in total. The molecule has 2 amide bonds. The van der Waals surface area contributed by atoms with Crippen LogP contribution in [0.4, 0.5) is 0 Å². The van der Waals surface area contributed by atoms with Gasteiger partial charge in [-0.15, -0.1) is 11.3 Å². The van der Waals surface area contributed by atoms with E-state index in [1.165, 1.54) is 0 Å². The number of nitrogens with zero attached hydrogens (tertiary/aromatic N) is 2. The fourth-order valence-corrected chi connectivity index (χ4v) is 4.11. The van der Waals surface area contributed by atoms with Crippen LogP contribution in [0, 0.1) is 6.92 Å². The third-order valence-electron chi connectivity index (χ3n) is 4.45. The van der Waals surface area contributed by atoms with Gasteiger partial charge in [0.25, 0.3) is 11.5 Å². The molecule has 9 nitrogen and oxygen atoms in total. The number of nitrogens with one attached hydrogen (secondary N) is 2. The molecule has 28 heavy (non-hydrogen) atoms. The zero-order valence-electron chi connectivity index (χ0n) is 15.8. The number of aromatic nitrogens is 2. The number of amides is 2. The number of carbonyl (C=O) groups excluding carboxylic acids is 3. The van der Waals surface area contributed by atoms with Crippen molar-refractivity contribution in [3.8, 4) is 0 Å². The van der Waals surface area contributed by atoms with Crippen molar-refractivity contribution in [3.05, 3.63) is 26.6 Å². The maximum absolute atomic E-state index is 12.6. The number of carbonyl (C=O) groups is 3. The molecular weight excluding hydrogens is 384 g/mol. The summed E-state index contributed by atoms with van der Waals surface area (Å²) in [7, 11) is 0. The molecule has 2 aromatic rings. The van der Waals surface area contributed by atoms with Crippen molar-refractivity contribution in [2.24, 2.45) is 0 Å². The molecule has 0 saturated heterocycles. The van der Waals surface area contributed by atoms with Crippen molar-refractivity contribution < 1.29 is 19.1 Å². The maximum Gasteiger partial charge on any atom is 0.349 e. The first-order chi connectivity index (χ1) is 13.4. The Balaban J connectivity index is 1.63. The summed E-state index contributed by atoms with van der Waals surface area (Å²) in [5, 5.41) is 5.44. The molecule has 0 spiro atoms. The highest BCUT2D eigenvalue weighted by atomic mass is 32.1. The van der Waals surface area contributed by atoms with Crippen LogP contribution in [0.1, 0.15) is 40.8 Å². The van der Waals surface area contributed by atoms with E-state index in [-0.39, 0.29) is 22.9 Å². The van der Waals surface area contributed by atoms with Gasteiger partial charge in [0.15, 0.2) is 6.61 Å². The number of ether oxygens (including phenoxy) is 1. The van der Waals surface area contributed by atoms with Crippen LogP contribution in [0.5, 0.6) is 0 Å². The lowest BCUT2D eigenvalue weighted by atomic mass is 10.2. The molecule has 0 saturated carbocycles. The highest BCUT2D eigenvalue weighted by Crippen LogP contribution is 2.29. The Hall–Kier alpha value is -2.75. The molecule has 3 heterocycles. The Bertz CT molecular complexity index is 994. The Morgan fingerprint density at radius 2 is 2.04 bits per heavy atom. The van der Waals surface area contributed by atoms with Crippen LogP contribution in [0.25, 0.3) is 10.2 Å². The van der Waals surface area contributed by atoms with Crippen molar-refractivity contribution >= 4 is 39.3 Å². The second-order valence-electron chi connectivity index (χ2n) is 6.53. The maximum atomic E-state index is 12.6. The van der Waals surface area contributed by atoms with Gasteiger partial charge in [0.05, 0.1) is 11.9 Å². The third kappa shape index (κ3) is 4.06. The number of hydrogen-bond acceptors (Lipinski definition) is 7. The molecule has 0 fully saturated rings. The summed E-state index contributed by atoms with van der Waals surface area (Å²) in [6.07, 6.45) is 2.43. The van der Waals surface area contributed by atoms with E-state index >= 15 is 0 Å². The van der Waals surface area contributed by atoms with Gasteiger partial charge in [-0.3, -0.25) is 19.0 Å². The first kappa shape index (κ1) is 20.0. The van der Waals surface area contributed by atoms with E-state index in [1.807, 2.05) is 6.92 Å². The van der Waals surface area contributed by atoms with Gasteiger partial charge in [0, 0.05) is 19.5 Å². The Morgan fingerprint density at radius 3 is 2.79 bits per heavy atom. The quantitative estimate of drug-likeness (QED) is 0.647. The number of thiophene rings is 1. The largest absolute Gasteiger partial charge is 0.451 e. The van der Waals surface area contributed by atoms with Crippen LogP contribution in [0.3, 0.4) is 0 Å². The molecule has 150 valence electrons. The summed E-state index contributed by atoms with van der Waals surface area (Å²) in [5.41, 5.74) is 0.380. The van der Waals surface area contributed by atoms with Gasteiger partial charge in [-0.25, -0.2) is 9.78 Å². The fraction of sp³-hybridized carbons (Fsp3) is 0.500. The molecule has 0 unspecified atom stereocenters. The van der Waals surface area contributed by atoms with Gasteiger partial charge in [0.2, 0.25) is 5.91 Å². The highest BCUT2D eigenvalue weighted by Gasteiger charge is 2.24. The molecule has 0 radical (unpaired) electrons. The van der Waals surface area contributed by atoms with E-state index in [2.05, 4.69) is 15.6 Å². The molecular formula is C18H22N4O5S. The van der Waals surface area contributed by atoms with Gasteiger partial charge < -0.3 is 15.4 Å². The molecule has 0 atom stereocenters. The summed E-state index contributed by atoms with van der Waals surface area (Å²) in [4.78, 5) is 53.5. The van der Waals surface area contributed by atoms with Crippen LogP contribution < -0.4 is 16.2 Å². The SMILES string of the molecule is CCCNC(=O)CNC(=O)COC(=O)c1sc2nc3n(c(=O)c2c1C)CCC3. The monoisotopic (exact) mass is 406 g/mol. The van der Waals surface area contributed by atoms with Gasteiger partial charge in [-0.2, -0.15) is 0 Å². The molecule has 2 aromatic heterocycles. The second kappa shape index (κ2) is 8.51. The van der Waals surface area contributed by atoms with Gasteiger partial charge in [-0.1, -0.05) is 6.92 Å². The van der Waals surface area contributed by atoms with Gasteiger partial charge in [-0.05, 0) is 25.3 Å². The minimum Gasteiger partial charge on any atom is -0.451 e. The van der Waals surface area contributed by atoms with E-state index in [9.17, 15) is 19.2 Å². The van der Waals surface area contributed by atoms with Crippen molar-refractivity contribution in [2.45, 2.75) is 39.7 Å². The van der Waals surface area contributed by atoms with Crippen LogP contribution in [-0.4, -0.2) is 47.0 Å². The van der Waals surface area contributed by atoms with E-state index in [4.69, 9.17) is 4.74 Å². The number of aryl methyl sites for hydroxylation is 2. The smallest absolute Gasteiger partial charge is 0.349 e. The first-order valence-corrected chi connectivity index (χ1v) is 9.97. The van der Waals surface area contributed by atoms with Crippen molar-refractivity contribution in [3.63, 3.8) is 0 Å². The van der Waals surface area contributed by atoms with E-state index in [0.29, 0.717) is 28.9 Å². The average molecular weight is 406 g/mol. The molecule has 1 aliphatic rings. The van der Waals surface area contributed by atoms with Crippen LogP contribution in [0.2, 0.25) is 0 Å². The minimum atomic E-state index is -0.685. The topological polar surface area (TPSA) is 119 Å². The van der Waals surface area contributed by atoms with E-state index in [1.54, 1.807) is 11.5 Å². The van der Waals surface area contributed by atoms with E-state index < -0.39 is 18.5 Å². The van der Waals surface area contributed by atoms with Crippen LogP contribution in [0.15, 0.2) is 4.79 Å². The van der Waals surface area contributed by atoms with Crippen molar-refractivity contribution in [1.29, 1.82) is 0 Å². The minimum absolute atomic E-state index is 0.138. The van der Waals surface area contributed by atoms with Gasteiger partial charge in [0.1, 0.15) is 15.5 Å². The summed E-state index contributed by atoms with van der Waals surface area (Å²) >= 11 is 1.10. The summed E-state index contributed by atoms with van der Waals surface area (Å²) in [6, 6.07) is 0. The summed E-state index contributed by atoms with van der Waals surface area (Å²) < 4.78 is 6.69. The molecule has 3 rings (SSSR count). The van der Waals surface area contributed by atoms with Crippen LogP contribution >= 0.6 is 11.3 Å². The number of rotatable bonds is 7. The normalized spacial score (nSPS) is 12.6. The number of hydrogen-bond donors (Lipinski definition) is 2. The number of fused-ring (bicyclic) bond motifs is 2. The lowest BCUT2D eigenvalue weighted by Crippen LogP contribution is -2.38. The highest BCUT2D eigenvalue weighted by molar-refractivity contribution is 7.20. The van der Waals surface area contributed by atoms with E-state index in [0.717, 1.165) is 36.4 Å². The third-order valence-corrected chi connectivity index (χ3v) is 5.62. The first-order valence-electron chi connectivity index (χ1n) is 9.15. The standard InChI is InChI=1S/C18H22N4O5S/c1-3-6-19-12(23)8-20-13(24)9-27-18(26)15-10(2)14-16(28-15)21-11-5-4-7-22(11)17(14)25/h3-9H2,1-2H3,(H,19,23)(H,20,24). The molecule has 10 heteroatoms. The zero-order chi connectivity index (χ0) is 20.3. The van der Waals surface area contributed by atoms with Crippen molar-refractivity contribution in [2.75, 3.05) is 19.7 Å². The Kier molecular flexibility index (Phi) is 6.08. The van der Waals surface area contributed by atoms with Crippen LogP contribution in [-0.2, 0) is 27.3 Å². The lowest BCUT2D eigenvalue weighted by molar-refractivity contribution is -0.127. The predicted octanol–water partition coefficient (Wildman–Crippen LogP) is 0.512. The molecule has 0 aliphatic carbocycles. The molecule has 1 aliphatic heterocycles. The fourth-order valence-electron chi connectivity index (χ4n) is 3.02. The Labute approximate surface area is 165 Å². The Morgan fingerprint density at radius 1 is 1.25 bits per heavy atom. The summed E-state index contributed by atoms with van der Waals surface area (Å²) in [6.45, 7) is 4.09. The summed E-state index contributed by atoms with van der Waals surface area (Å²) in [5.74, 6) is -0.826. The zero-order valence-corrected chi connectivity index (χ0v) is 16.6.